The van der Waals surface area contributed by atoms with Gasteiger partial charge in [-0.1, -0.05) is 6.07 Å². The van der Waals surface area contributed by atoms with Gasteiger partial charge in [-0.2, -0.15) is 0 Å². The van der Waals surface area contributed by atoms with Crippen LogP contribution in [0.4, 0.5) is 11.4 Å². The van der Waals surface area contributed by atoms with Crippen LogP contribution in [0, 0.1) is 0 Å². The molecule has 4 heteroatoms. The number of hydrogen-bond donors (Lipinski definition) is 1. The second-order valence-corrected chi connectivity index (χ2v) is 5.01. The molecular weight excluding hydrogens is 264 g/mol. The Morgan fingerprint density at radius 3 is 2.24 bits per heavy atom. The predicted octanol–water partition coefficient (Wildman–Crippen LogP) is 3.18. The third kappa shape index (κ3) is 4.91. The standard InChI is InChI=1S/C17H22N2O2/c1-19(2)15-5-3-6-17(13-15)21-12-4-11-20-16-9-7-14(18)8-10-16/h3,5-10,13H,4,11-12,18H2,1-2H3. The van der Waals surface area contributed by atoms with Crippen LogP contribution in [0.5, 0.6) is 11.5 Å². The second-order valence-electron chi connectivity index (χ2n) is 5.01. The largest absolute Gasteiger partial charge is 0.493 e. The Balaban J connectivity index is 1.70. The summed E-state index contributed by atoms with van der Waals surface area (Å²) in [7, 11) is 4.03. The van der Waals surface area contributed by atoms with Crippen molar-refractivity contribution >= 4 is 11.4 Å². The number of nitrogens with two attached hydrogens (primary N) is 1. The Morgan fingerprint density at radius 1 is 0.905 bits per heavy atom. The Bertz CT molecular complexity index is 553. The minimum absolute atomic E-state index is 0.622. The molecule has 0 aliphatic rings. The molecule has 0 atom stereocenters. The maximum atomic E-state index is 5.73. The average molecular weight is 286 g/mol. The van der Waals surface area contributed by atoms with Crippen molar-refractivity contribution in [3.05, 3.63) is 48.5 Å². The van der Waals surface area contributed by atoms with E-state index in [4.69, 9.17) is 15.2 Å². The SMILES string of the molecule is CN(C)c1cccc(OCCCOc2ccc(N)cc2)c1. The summed E-state index contributed by atoms with van der Waals surface area (Å²) in [6.07, 6.45) is 0.830. The quantitative estimate of drug-likeness (QED) is 0.627. The lowest BCUT2D eigenvalue weighted by Gasteiger charge is -2.14. The number of ether oxygens (including phenoxy) is 2. The highest BCUT2D eigenvalue weighted by Gasteiger charge is 1.99. The Hall–Kier alpha value is -2.36. The molecule has 0 saturated heterocycles. The van der Waals surface area contributed by atoms with E-state index in [9.17, 15) is 0 Å². The number of anilines is 2. The second kappa shape index (κ2) is 7.43. The van der Waals surface area contributed by atoms with E-state index in [0.717, 1.165) is 29.3 Å². The molecule has 2 rings (SSSR count). The van der Waals surface area contributed by atoms with Gasteiger partial charge in [-0.05, 0) is 36.4 Å². The average Bonchev–Trinajstić information content (AvgIpc) is 2.49. The first kappa shape index (κ1) is 15.0. The van der Waals surface area contributed by atoms with E-state index in [1.54, 1.807) is 0 Å². The molecule has 0 radical (unpaired) electrons. The number of rotatable bonds is 7. The summed E-state index contributed by atoms with van der Waals surface area (Å²) in [6.45, 7) is 1.25. The highest BCUT2D eigenvalue weighted by atomic mass is 16.5. The lowest BCUT2D eigenvalue weighted by atomic mass is 10.3. The molecule has 0 aliphatic heterocycles. The summed E-state index contributed by atoms with van der Waals surface area (Å²) in [5, 5.41) is 0. The van der Waals surface area contributed by atoms with Crippen molar-refractivity contribution in [2.45, 2.75) is 6.42 Å². The van der Waals surface area contributed by atoms with Crippen LogP contribution in [-0.2, 0) is 0 Å². The van der Waals surface area contributed by atoms with Gasteiger partial charge in [0.2, 0.25) is 0 Å². The highest BCUT2D eigenvalue weighted by Crippen LogP contribution is 2.19. The lowest BCUT2D eigenvalue weighted by Crippen LogP contribution is -2.09. The molecule has 112 valence electrons. The summed E-state index contributed by atoms with van der Waals surface area (Å²) in [5.74, 6) is 1.72. The van der Waals surface area contributed by atoms with Crippen LogP contribution in [0.3, 0.4) is 0 Å². The van der Waals surface area contributed by atoms with E-state index in [-0.39, 0.29) is 0 Å². The van der Waals surface area contributed by atoms with Gasteiger partial charge in [0.25, 0.3) is 0 Å². The molecule has 4 nitrogen and oxygen atoms in total. The van der Waals surface area contributed by atoms with Gasteiger partial charge in [0.15, 0.2) is 0 Å². The van der Waals surface area contributed by atoms with Gasteiger partial charge in [0.1, 0.15) is 11.5 Å². The van der Waals surface area contributed by atoms with Crippen LogP contribution in [0.1, 0.15) is 6.42 Å². The Kier molecular flexibility index (Phi) is 5.32. The lowest BCUT2D eigenvalue weighted by molar-refractivity contribution is 0.247. The molecule has 0 unspecified atom stereocenters. The van der Waals surface area contributed by atoms with Gasteiger partial charge in [-0.3, -0.25) is 0 Å². The van der Waals surface area contributed by atoms with Crippen molar-refractivity contribution in [2.75, 3.05) is 37.9 Å². The summed E-state index contributed by atoms with van der Waals surface area (Å²) in [6, 6.07) is 15.5. The fraction of sp³-hybridized carbons (Fsp3) is 0.294. The molecule has 2 aromatic rings. The maximum absolute atomic E-state index is 5.73. The molecule has 0 bridgehead atoms. The van der Waals surface area contributed by atoms with Crippen molar-refractivity contribution in [3.8, 4) is 11.5 Å². The molecule has 0 heterocycles. The zero-order valence-electron chi connectivity index (χ0n) is 12.6. The smallest absolute Gasteiger partial charge is 0.121 e. The molecule has 0 spiro atoms. The van der Waals surface area contributed by atoms with Crippen LogP contribution in [0.25, 0.3) is 0 Å². The summed E-state index contributed by atoms with van der Waals surface area (Å²) in [5.41, 5.74) is 7.49. The van der Waals surface area contributed by atoms with Gasteiger partial charge < -0.3 is 20.1 Å². The van der Waals surface area contributed by atoms with Crippen molar-refractivity contribution < 1.29 is 9.47 Å². The molecule has 0 saturated carbocycles. The van der Waals surface area contributed by atoms with Crippen molar-refractivity contribution in [1.29, 1.82) is 0 Å². The third-order valence-electron chi connectivity index (χ3n) is 3.04. The topological polar surface area (TPSA) is 47.7 Å². The summed E-state index contributed by atoms with van der Waals surface area (Å²) in [4.78, 5) is 2.05. The normalized spacial score (nSPS) is 10.2. The van der Waals surface area contributed by atoms with Crippen molar-refractivity contribution in [3.63, 3.8) is 0 Å². The first-order valence-electron chi connectivity index (χ1n) is 7.04. The predicted molar refractivity (Wildman–Crippen MR) is 87.2 cm³/mol. The minimum atomic E-state index is 0.622. The van der Waals surface area contributed by atoms with E-state index in [1.165, 1.54) is 0 Å². The van der Waals surface area contributed by atoms with Gasteiger partial charge in [0.05, 0.1) is 13.2 Å². The summed E-state index contributed by atoms with van der Waals surface area (Å²) >= 11 is 0. The van der Waals surface area contributed by atoms with E-state index in [1.807, 2.05) is 56.6 Å². The maximum Gasteiger partial charge on any atom is 0.121 e. The molecular formula is C17H22N2O2. The molecule has 0 aromatic heterocycles. The molecule has 0 amide bonds. The van der Waals surface area contributed by atoms with E-state index < -0.39 is 0 Å². The molecule has 0 fully saturated rings. The fourth-order valence-corrected chi connectivity index (χ4v) is 1.85. The van der Waals surface area contributed by atoms with Crippen LogP contribution in [-0.4, -0.2) is 27.3 Å². The minimum Gasteiger partial charge on any atom is -0.493 e. The zero-order valence-corrected chi connectivity index (χ0v) is 12.6. The first-order valence-corrected chi connectivity index (χ1v) is 7.04. The van der Waals surface area contributed by atoms with E-state index >= 15 is 0 Å². The Labute approximate surface area is 126 Å². The van der Waals surface area contributed by atoms with E-state index in [0.29, 0.717) is 13.2 Å². The van der Waals surface area contributed by atoms with Crippen LogP contribution in [0.2, 0.25) is 0 Å². The monoisotopic (exact) mass is 286 g/mol. The van der Waals surface area contributed by atoms with Crippen LogP contribution >= 0.6 is 0 Å². The van der Waals surface area contributed by atoms with E-state index in [2.05, 4.69) is 11.0 Å². The summed E-state index contributed by atoms with van der Waals surface area (Å²) < 4.78 is 11.3. The first-order chi connectivity index (χ1) is 10.1. The Morgan fingerprint density at radius 2 is 1.57 bits per heavy atom. The molecule has 21 heavy (non-hydrogen) atoms. The third-order valence-corrected chi connectivity index (χ3v) is 3.04. The van der Waals surface area contributed by atoms with Gasteiger partial charge in [-0.15, -0.1) is 0 Å². The molecule has 2 aromatic carbocycles. The number of nitrogen functional groups attached to an aromatic ring is 1. The molecule has 2 N–H and O–H groups in total. The number of hydrogen-bond acceptors (Lipinski definition) is 4. The molecule has 0 aliphatic carbocycles. The number of nitrogens with zero attached hydrogens (tertiary/aromatic N) is 1. The fourth-order valence-electron chi connectivity index (χ4n) is 1.85. The van der Waals surface area contributed by atoms with Crippen molar-refractivity contribution in [2.24, 2.45) is 0 Å². The highest BCUT2D eigenvalue weighted by molar-refractivity contribution is 5.49. The van der Waals surface area contributed by atoms with Gasteiger partial charge in [-0.25, -0.2) is 0 Å². The van der Waals surface area contributed by atoms with Crippen molar-refractivity contribution in [1.82, 2.24) is 0 Å². The van der Waals surface area contributed by atoms with Gasteiger partial charge in [0, 0.05) is 38.0 Å². The number of benzene rings is 2. The zero-order chi connectivity index (χ0) is 15.1. The van der Waals surface area contributed by atoms with Gasteiger partial charge >= 0.3 is 0 Å². The van der Waals surface area contributed by atoms with Crippen LogP contribution in [0.15, 0.2) is 48.5 Å². The van der Waals surface area contributed by atoms with Crippen LogP contribution < -0.4 is 20.1 Å².